The maximum atomic E-state index is 11.8. The lowest BCUT2D eigenvalue weighted by molar-refractivity contribution is -0.384. The molecule has 0 bridgehead atoms. The molecule has 0 fully saturated rings. The predicted octanol–water partition coefficient (Wildman–Crippen LogP) is 3.22. The number of non-ortho nitro benzene ring substituents is 1. The van der Waals surface area contributed by atoms with E-state index in [2.05, 4.69) is 5.32 Å². The van der Waals surface area contributed by atoms with E-state index in [1.807, 2.05) is 0 Å². The van der Waals surface area contributed by atoms with Crippen molar-refractivity contribution in [2.75, 3.05) is 19.5 Å². The molecule has 0 aromatic heterocycles. The van der Waals surface area contributed by atoms with E-state index in [0.29, 0.717) is 17.2 Å². The second-order valence-corrected chi connectivity index (χ2v) is 4.34. The summed E-state index contributed by atoms with van der Waals surface area (Å²) in [5.41, 5.74) is 0.368. The number of hydrogen-bond acceptors (Lipinski definition) is 6. The number of carbonyl (C=O) groups is 1. The largest absolute Gasteiger partial charge is 0.493 e. The average molecular weight is 318 g/mol. The lowest BCUT2D eigenvalue weighted by Gasteiger charge is -2.10. The van der Waals surface area contributed by atoms with Crippen LogP contribution < -0.4 is 19.5 Å². The molecule has 0 spiro atoms. The molecular weight excluding hydrogens is 304 g/mol. The van der Waals surface area contributed by atoms with Crippen molar-refractivity contribution in [2.45, 2.75) is 0 Å². The highest BCUT2D eigenvalue weighted by Crippen LogP contribution is 2.29. The van der Waals surface area contributed by atoms with Gasteiger partial charge in [0.1, 0.15) is 5.75 Å². The highest BCUT2D eigenvalue weighted by molar-refractivity contribution is 5.86. The third-order valence-electron chi connectivity index (χ3n) is 2.89. The Balaban J connectivity index is 2.03. The Morgan fingerprint density at radius 2 is 1.70 bits per heavy atom. The van der Waals surface area contributed by atoms with Crippen molar-refractivity contribution >= 4 is 17.5 Å². The Labute approximate surface area is 131 Å². The van der Waals surface area contributed by atoms with Gasteiger partial charge in [0, 0.05) is 23.9 Å². The minimum absolute atomic E-state index is 0.0855. The maximum absolute atomic E-state index is 11.8. The summed E-state index contributed by atoms with van der Waals surface area (Å²) in [5, 5.41) is 13.1. The minimum Gasteiger partial charge on any atom is -0.493 e. The SMILES string of the molecule is COc1ccc(NC(=O)Oc2ccc([N+](=O)[O-])cc2)cc1OC. The molecule has 0 radical (unpaired) electrons. The highest BCUT2D eigenvalue weighted by Gasteiger charge is 2.10. The Morgan fingerprint density at radius 3 is 2.26 bits per heavy atom. The van der Waals surface area contributed by atoms with Crippen LogP contribution in [0.4, 0.5) is 16.2 Å². The highest BCUT2D eigenvalue weighted by atomic mass is 16.6. The summed E-state index contributed by atoms with van der Waals surface area (Å²) in [7, 11) is 2.99. The fraction of sp³-hybridized carbons (Fsp3) is 0.133. The Kier molecular flexibility index (Phi) is 4.98. The van der Waals surface area contributed by atoms with Gasteiger partial charge in [-0.3, -0.25) is 15.4 Å². The fourth-order valence-corrected chi connectivity index (χ4v) is 1.80. The molecule has 1 amide bonds. The normalized spacial score (nSPS) is 9.83. The number of anilines is 1. The van der Waals surface area contributed by atoms with Crippen LogP contribution in [-0.2, 0) is 0 Å². The van der Waals surface area contributed by atoms with Crippen molar-refractivity contribution in [3.05, 3.63) is 52.6 Å². The van der Waals surface area contributed by atoms with Crippen LogP contribution in [0.15, 0.2) is 42.5 Å². The van der Waals surface area contributed by atoms with E-state index in [9.17, 15) is 14.9 Å². The van der Waals surface area contributed by atoms with Gasteiger partial charge >= 0.3 is 6.09 Å². The molecule has 0 heterocycles. The standard InChI is InChI=1S/C15H14N2O6/c1-21-13-8-3-10(9-14(13)22-2)16-15(18)23-12-6-4-11(5-7-12)17(19)20/h3-9H,1-2H3,(H,16,18). The number of ether oxygens (including phenoxy) is 3. The van der Waals surface area contributed by atoms with Crippen LogP contribution in [0, 0.1) is 10.1 Å². The Bertz CT molecular complexity index is 714. The van der Waals surface area contributed by atoms with Crippen LogP contribution >= 0.6 is 0 Å². The molecule has 23 heavy (non-hydrogen) atoms. The van der Waals surface area contributed by atoms with E-state index in [1.54, 1.807) is 18.2 Å². The topological polar surface area (TPSA) is 99.9 Å². The average Bonchev–Trinajstić information content (AvgIpc) is 2.55. The molecule has 0 unspecified atom stereocenters. The van der Waals surface area contributed by atoms with Gasteiger partial charge in [0.05, 0.1) is 19.1 Å². The zero-order valence-corrected chi connectivity index (χ0v) is 12.4. The van der Waals surface area contributed by atoms with Crippen LogP contribution in [0.3, 0.4) is 0 Å². The van der Waals surface area contributed by atoms with Gasteiger partial charge in [-0.2, -0.15) is 0 Å². The van der Waals surface area contributed by atoms with E-state index in [0.717, 1.165) is 0 Å². The number of amides is 1. The van der Waals surface area contributed by atoms with Gasteiger partial charge in [0.15, 0.2) is 11.5 Å². The second kappa shape index (κ2) is 7.12. The monoisotopic (exact) mass is 318 g/mol. The second-order valence-electron chi connectivity index (χ2n) is 4.34. The molecule has 8 heteroatoms. The van der Waals surface area contributed by atoms with E-state index in [1.165, 1.54) is 38.5 Å². The van der Waals surface area contributed by atoms with Crippen LogP contribution in [0.1, 0.15) is 0 Å². The molecule has 0 aliphatic rings. The third kappa shape index (κ3) is 4.10. The molecular formula is C15H14N2O6. The third-order valence-corrected chi connectivity index (χ3v) is 2.89. The molecule has 0 aliphatic carbocycles. The molecule has 2 aromatic rings. The van der Waals surface area contributed by atoms with Crippen molar-refractivity contribution in [2.24, 2.45) is 0 Å². The lowest BCUT2D eigenvalue weighted by Crippen LogP contribution is -2.16. The van der Waals surface area contributed by atoms with Gasteiger partial charge in [0.2, 0.25) is 0 Å². The predicted molar refractivity (Wildman–Crippen MR) is 82.3 cm³/mol. The quantitative estimate of drug-likeness (QED) is 0.671. The van der Waals surface area contributed by atoms with E-state index < -0.39 is 11.0 Å². The summed E-state index contributed by atoms with van der Waals surface area (Å²) >= 11 is 0. The van der Waals surface area contributed by atoms with Crippen molar-refractivity contribution in [3.8, 4) is 17.2 Å². The van der Waals surface area contributed by atoms with Crippen LogP contribution in [0.2, 0.25) is 0 Å². The molecule has 0 atom stereocenters. The molecule has 1 N–H and O–H groups in total. The zero-order valence-electron chi connectivity index (χ0n) is 12.4. The summed E-state index contributed by atoms with van der Waals surface area (Å²) in [6.07, 6.45) is -0.730. The lowest BCUT2D eigenvalue weighted by atomic mass is 10.3. The first kappa shape index (κ1) is 16.1. The number of nitrogens with zero attached hydrogens (tertiary/aromatic N) is 1. The Hall–Kier alpha value is -3.29. The molecule has 8 nitrogen and oxygen atoms in total. The summed E-state index contributed by atoms with van der Waals surface area (Å²) in [6, 6.07) is 10.0. The van der Waals surface area contributed by atoms with Gasteiger partial charge < -0.3 is 14.2 Å². The zero-order chi connectivity index (χ0) is 16.8. The van der Waals surface area contributed by atoms with Gasteiger partial charge in [-0.15, -0.1) is 0 Å². The summed E-state index contributed by atoms with van der Waals surface area (Å²) < 4.78 is 15.3. The van der Waals surface area contributed by atoms with Gasteiger partial charge in [0.25, 0.3) is 5.69 Å². The van der Waals surface area contributed by atoms with Crippen LogP contribution in [-0.4, -0.2) is 25.2 Å². The molecule has 2 rings (SSSR count). The first-order chi connectivity index (χ1) is 11.0. The molecule has 0 saturated carbocycles. The van der Waals surface area contributed by atoms with Crippen molar-refractivity contribution in [1.29, 1.82) is 0 Å². The number of nitro benzene ring substituents is 1. The summed E-state index contributed by atoms with van der Waals surface area (Å²) in [6.45, 7) is 0. The number of carbonyl (C=O) groups excluding carboxylic acids is 1. The summed E-state index contributed by atoms with van der Waals surface area (Å²) in [4.78, 5) is 21.8. The van der Waals surface area contributed by atoms with Gasteiger partial charge in [-0.25, -0.2) is 4.79 Å². The number of benzene rings is 2. The number of nitrogens with one attached hydrogen (secondary N) is 1. The maximum Gasteiger partial charge on any atom is 0.417 e. The van der Waals surface area contributed by atoms with E-state index >= 15 is 0 Å². The van der Waals surface area contributed by atoms with Crippen LogP contribution in [0.25, 0.3) is 0 Å². The van der Waals surface area contributed by atoms with E-state index in [-0.39, 0.29) is 11.4 Å². The first-order valence-corrected chi connectivity index (χ1v) is 6.49. The van der Waals surface area contributed by atoms with Crippen molar-refractivity contribution in [3.63, 3.8) is 0 Å². The molecule has 0 saturated heterocycles. The first-order valence-electron chi connectivity index (χ1n) is 6.49. The summed E-state index contributed by atoms with van der Waals surface area (Å²) in [5.74, 6) is 1.18. The molecule has 2 aromatic carbocycles. The minimum atomic E-state index is -0.730. The molecule has 0 aliphatic heterocycles. The van der Waals surface area contributed by atoms with Crippen LogP contribution in [0.5, 0.6) is 17.2 Å². The van der Waals surface area contributed by atoms with Gasteiger partial charge in [-0.1, -0.05) is 0 Å². The van der Waals surface area contributed by atoms with Crippen molar-refractivity contribution in [1.82, 2.24) is 0 Å². The van der Waals surface area contributed by atoms with E-state index in [4.69, 9.17) is 14.2 Å². The Morgan fingerprint density at radius 1 is 1.04 bits per heavy atom. The number of nitro groups is 1. The number of methoxy groups -OCH3 is 2. The fourth-order valence-electron chi connectivity index (χ4n) is 1.80. The smallest absolute Gasteiger partial charge is 0.417 e. The molecule has 120 valence electrons. The number of hydrogen-bond donors (Lipinski definition) is 1. The van der Waals surface area contributed by atoms with Gasteiger partial charge in [-0.05, 0) is 24.3 Å². The van der Waals surface area contributed by atoms with Crippen molar-refractivity contribution < 1.29 is 23.9 Å². The number of rotatable bonds is 5.